The van der Waals surface area contributed by atoms with Crippen molar-refractivity contribution in [3.63, 3.8) is 0 Å². The van der Waals surface area contributed by atoms with Crippen LogP contribution in [0.5, 0.6) is 0 Å². The number of anilines is 1. The van der Waals surface area contributed by atoms with E-state index in [1.165, 1.54) is 5.57 Å². The molecule has 0 N–H and O–H groups in total. The van der Waals surface area contributed by atoms with Crippen LogP contribution in [0.4, 0.5) is 5.82 Å². The molecule has 3 heterocycles. The van der Waals surface area contributed by atoms with E-state index in [1.807, 2.05) is 30.5 Å². The summed E-state index contributed by atoms with van der Waals surface area (Å²) in [5.41, 5.74) is 4.27. The molecule has 1 saturated heterocycles. The zero-order valence-corrected chi connectivity index (χ0v) is 13.1. The Morgan fingerprint density at radius 3 is 2.83 bits per heavy atom. The average molecular weight is 302 g/mol. The zero-order valence-electron chi connectivity index (χ0n) is 13.1. The van der Waals surface area contributed by atoms with Gasteiger partial charge in [0.25, 0.3) is 0 Å². The smallest absolute Gasteiger partial charge is 0.128 e. The Morgan fingerprint density at radius 1 is 1.17 bits per heavy atom. The van der Waals surface area contributed by atoms with Crippen LogP contribution < -0.4 is 4.90 Å². The lowest BCUT2D eigenvalue weighted by molar-refractivity contribution is 0.442. The fourth-order valence-electron chi connectivity index (χ4n) is 3.49. The van der Waals surface area contributed by atoms with Crippen LogP contribution in [0.3, 0.4) is 0 Å². The molecule has 4 rings (SSSR count). The molecule has 23 heavy (non-hydrogen) atoms. The zero-order chi connectivity index (χ0) is 15.8. The number of hydrogen-bond acceptors (Lipinski definition) is 4. The van der Waals surface area contributed by atoms with Gasteiger partial charge in [0.2, 0.25) is 0 Å². The number of fused-ring (bicyclic) bond motifs is 1. The maximum Gasteiger partial charge on any atom is 0.128 e. The number of nitrogens with zero attached hydrogens (tertiary/aromatic N) is 4. The first-order valence-electron chi connectivity index (χ1n) is 7.85. The quantitative estimate of drug-likeness (QED) is 0.855. The van der Waals surface area contributed by atoms with Crippen LogP contribution in [0.1, 0.15) is 5.56 Å². The van der Waals surface area contributed by atoms with Gasteiger partial charge in [0.05, 0.1) is 11.6 Å². The predicted octanol–water partition coefficient (Wildman–Crippen LogP) is 2.89. The van der Waals surface area contributed by atoms with Crippen molar-refractivity contribution in [1.82, 2.24) is 9.88 Å². The SMILES string of the molecule is CN1C=C2CN(c3ccc(-c4cccc(C#N)c4)cn3)CC2C1. The molecule has 2 aromatic rings. The number of pyridine rings is 1. The number of rotatable bonds is 2. The molecule has 114 valence electrons. The first-order chi connectivity index (χ1) is 11.2. The van der Waals surface area contributed by atoms with Crippen molar-refractivity contribution in [1.29, 1.82) is 5.26 Å². The second-order valence-corrected chi connectivity index (χ2v) is 6.32. The van der Waals surface area contributed by atoms with Gasteiger partial charge < -0.3 is 9.80 Å². The molecule has 0 radical (unpaired) electrons. The van der Waals surface area contributed by atoms with Gasteiger partial charge in [0.15, 0.2) is 0 Å². The van der Waals surface area contributed by atoms with E-state index >= 15 is 0 Å². The summed E-state index contributed by atoms with van der Waals surface area (Å²) < 4.78 is 0. The lowest BCUT2D eigenvalue weighted by atomic mass is 10.1. The Labute approximate surface area is 136 Å². The minimum Gasteiger partial charge on any atom is -0.380 e. The summed E-state index contributed by atoms with van der Waals surface area (Å²) in [6, 6.07) is 14.0. The third-order valence-electron chi connectivity index (χ3n) is 4.63. The third-order valence-corrected chi connectivity index (χ3v) is 4.63. The van der Waals surface area contributed by atoms with Gasteiger partial charge in [-0.25, -0.2) is 4.98 Å². The molecule has 0 amide bonds. The maximum absolute atomic E-state index is 9.01. The van der Waals surface area contributed by atoms with Crippen molar-refractivity contribution < 1.29 is 0 Å². The van der Waals surface area contributed by atoms with E-state index in [2.05, 4.69) is 46.2 Å². The van der Waals surface area contributed by atoms with Crippen molar-refractivity contribution in [2.24, 2.45) is 5.92 Å². The van der Waals surface area contributed by atoms with E-state index in [9.17, 15) is 0 Å². The monoisotopic (exact) mass is 302 g/mol. The molecule has 1 unspecified atom stereocenters. The van der Waals surface area contributed by atoms with Crippen molar-refractivity contribution in [3.8, 4) is 17.2 Å². The van der Waals surface area contributed by atoms with Crippen molar-refractivity contribution in [2.45, 2.75) is 0 Å². The van der Waals surface area contributed by atoms with Gasteiger partial charge in [-0.15, -0.1) is 0 Å². The molecule has 2 aliphatic rings. The summed E-state index contributed by atoms with van der Waals surface area (Å²) in [6.45, 7) is 3.14. The molecule has 0 spiro atoms. The summed E-state index contributed by atoms with van der Waals surface area (Å²) in [4.78, 5) is 9.26. The molecule has 0 bridgehead atoms. The van der Waals surface area contributed by atoms with E-state index in [0.29, 0.717) is 11.5 Å². The normalized spacial score (nSPS) is 19.5. The summed E-state index contributed by atoms with van der Waals surface area (Å²) in [5, 5.41) is 9.01. The second kappa shape index (κ2) is 5.44. The fourth-order valence-corrected chi connectivity index (χ4v) is 3.49. The maximum atomic E-state index is 9.01. The molecule has 0 aliphatic carbocycles. The lowest BCUT2D eigenvalue weighted by Crippen LogP contribution is -2.24. The molecule has 1 atom stereocenters. The summed E-state index contributed by atoms with van der Waals surface area (Å²) in [7, 11) is 2.14. The van der Waals surface area contributed by atoms with Gasteiger partial charge in [-0.05, 0) is 35.4 Å². The number of hydrogen-bond donors (Lipinski definition) is 0. The third kappa shape index (κ3) is 2.55. The largest absolute Gasteiger partial charge is 0.380 e. The van der Waals surface area contributed by atoms with Crippen LogP contribution in [-0.2, 0) is 0 Å². The Morgan fingerprint density at radius 2 is 2.09 bits per heavy atom. The Hall–Kier alpha value is -2.80. The molecule has 4 nitrogen and oxygen atoms in total. The van der Waals surface area contributed by atoms with Gasteiger partial charge in [-0.3, -0.25) is 0 Å². The van der Waals surface area contributed by atoms with Gasteiger partial charge >= 0.3 is 0 Å². The fraction of sp³-hybridized carbons (Fsp3) is 0.263. The first-order valence-corrected chi connectivity index (χ1v) is 7.85. The molecule has 1 aromatic carbocycles. The van der Waals surface area contributed by atoms with E-state index in [1.54, 1.807) is 0 Å². The molecule has 2 aliphatic heterocycles. The van der Waals surface area contributed by atoms with E-state index in [4.69, 9.17) is 5.26 Å². The molecule has 4 heteroatoms. The van der Waals surface area contributed by atoms with Crippen molar-refractivity contribution in [2.75, 3.05) is 31.6 Å². The minimum atomic E-state index is 0.647. The van der Waals surface area contributed by atoms with Gasteiger partial charge in [-0.2, -0.15) is 5.26 Å². The summed E-state index contributed by atoms with van der Waals surface area (Å²) >= 11 is 0. The highest BCUT2D eigenvalue weighted by atomic mass is 15.2. The lowest BCUT2D eigenvalue weighted by Gasteiger charge is -2.19. The van der Waals surface area contributed by atoms with E-state index < -0.39 is 0 Å². The number of aromatic nitrogens is 1. The second-order valence-electron chi connectivity index (χ2n) is 6.32. The highest BCUT2D eigenvalue weighted by molar-refractivity contribution is 5.65. The van der Waals surface area contributed by atoms with Crippen LogP contribution in [0.2, 0.25) is 0 Å². The van der Waals surface area contributed by atoms with Crippen molar-refractivity contribution in [3.05, 3.63) is 59.9 Å². The number of nitriles is 1. The molecular formula is C19H18N4. The summed E-state index contributed by atoms with van der Waals surface area (Å²) in [6.07, 6.45) is 4.17. The molecular weight excluding hydrogens is 284 g/mol. The van der Waals surface area contributed by atoms with Crippen LogP contribution in [0.25, 0.3) is 11.1 Å². The van der Waals surface area contributed by atoms with Gasteiger partial charge in [0, 0.05) is 50.6 Å². The molecule has 1 aromatic heterocycles. The van der Waals surface area contributed by atoms with Crippen LogP contribution in [0.15, 0.2) is 54.4 Å². The van der Waals surface area contributed by atoms with Crippen molar-refractivity contribution >= 4 is 5.82 Å². The highest BCUT2D eigenvalue weighted by Crippen LogP contribution is 2.32. The Kier molecular flexibility index (Phi) is 3.27. The molecule has 0 saturated carbocycles. The highest BCUT2D eigenvalue weighted by Gasteiger charge is 2.32. The van der Waals surface area contributed by atoms with E-state index in [0.717, 1.165) is 36.6 Å². The topological polar surface area (TPSA) is 43.2 Å². The number of benzene rings is 1. The first kappa shape index (κ1) is 13.8. The average Bonchev–Trinajstić information content (AvgIpc) is 3.12. The predicted molar refractivity (Wildman–Crippen MR) is 90.8 cm³/mol. The Bertz CT molecular complexity index is 801. The van der Waals surface area contributed by atoms with Crippen LogP contribution in [0, 0.1) is 17.2 Å². The molecule has 1 fully saturated rings. The van der Waals surface area contributed by atoms with E-state index in [-0.39, 0.29) is 0 Å². The minimum absolute atomic E-state index is 0.647. The Balaban J connectivity index is 1.55. The van der Waals surface area contributed by atoms with Gasteiger partial charge in [0.1, 0.15) is 5.82 Å². The summed E-state index contributed by atoms with van der Waals surface area (Å²) in [5.74, 6) is 1.68. The van der Waals surface area contributed by atoms with Gasteiger partial charge in [-0.1, -0.05) is 12.1 Å². The van der Waals surface area contributed by atoms with Crippen LogP contribution in [-0.4, -0.2) is 36.6 Å². The van der Waals surface area contributed by atoms with Crippen LogP contribution >= 0.6 is 0 Å². The standard InChI is InChI=1S/C19H18N4/c1-22-10-17-12-23(13-18(17)11-22)19-6-5-16(9-21-19)15-4-2-3-14(7-15)8-20/h2-7,9-10,18H,11-13H2,1H3.